The lowest BCUT2D eigenvalue weighted by atomic mass is 10.0. The number of nitrogens with one attached hydrogen (secondary N) is 1. The van der Waals surface area contributed by atoms with E-state index in [1.807, 2.05) is 17.8 Å². The molecule has 0 radical (unpaired) electrons. The first-order valence-electron chi connectivity index (χ1n) is 6.28. The first-order chi connectivity index (χ1) is 8.72. The number of rotatable bonds is 8. The smallest absolute Gasteiger partial charge is 0.165 e. The molecule has 1 N–H and O–H groups in total. The molecule has 0 aliphatic rings. The molecule has 1 atom stereocenters. The molecule has 1 unspecified atom stereocenters. The van der Waals surface area contributed by atoms with Crippen LogP contribution in [0.2, 0.25) is 0 Å². The number of hydrogen-bond donors (Lipinski definition) is 1. The van der Waals surface area contributed by atoms with Gasteiger partial charge in [-0.1, -0.05) is 13.0 Å². The van der Waals surface area contributed by atoms with Crippen LogP contribution in [0.1, 0.15) is 31.4 Å². The highest BCUT2D eigenvalue weighted by Gasteiger charge is 2.12. The van der Waals surface area contributed by atoms with Crippen LogP contribution < -0.4 is 10.1 Å². The van der Waals surface area contributed by atoms with E-state index in [1.54, 1.807) is 12.1 Å². The zero-order chi connectivity index (χ0) is 13.4. The fraction of sp³-hybridized carbons (Fsp3) is 0.571. The van der Waals surface area contributed by atoms with Gasteiger partial charge < -0.3 is 10.1 Å². The summed E-state index contributed by atoms with van der Waals surface area (Å²) in [5.74, 6) is 1.08. The lowest BCUT2D eigenvalue weighted by Crippen LogP contribution is -2.22. The molecule has 0 heterocycles. The third kappa shape index (κ3) is 4.50. The quantitative estimate of drug-likeness (QED) is 0.780. The molecule has 0 amide bonds. The predicted molar refractivity (Wildman–Crippen MR) is 77.0 cm³/mol. The van der Waals surface area contributed by atoms with Gasteiger partial charge in [-0.15, -0.1) is 0 Å². The van der Waals surface area contributed by atoms with Gasteiger partial charge >= 0.3 is 0 Å². The lowest BCUT2D eigenvalue weighted by Gasteiger charge is -2.19. The molecule has 4 heteroatoms. The van der Waals surface area contributed by atoms with E-state index in [2.05, 4.69) is 18.5 Å². The van der Waals surface area contributed by atoms with Crippen molar-refractivity contribution in [1.29, 1.82) is 0 Å². The molecule has 0 saturated heterocycles. The van der Waals surface area contributed by atoms with Gasteiger partial charge in [0.05, 0.1) is 7.11 Å². The molecule has 0 spiro atoms. The Kier molecular flexibility index (Phi) is 7.13. The molecule has 1 aromatic carbocycles. The minimum atomic E-state index is -0.289. The molecule has 0 aliphatic carbocycles. The summed E-state index contributed by atoms with van der Waals surface area (Å²) >= 11 is 1.81. The van der Waals surface area contributed by atoms with Crippen LogP contribution in [-0.4, -0.2) is 25.7 Å². The molecule has 0 aliphatic heterocycles. The largest absolute Gasteiger partial charge is 0.494 e. The molecule has 1 aromatic rings. The average Bonchev–Trinajstić information content (AvgIpc) is 2.39. The van der Waals surface area contributed by atoms with Crippen LogP contribution >= 0.6 is 11.8 Å². The first-order valence-corrected chi connectivity index (χ1v) is 7.68. The van der Waals surface area contributed by atoms with Crippen molar-refractivity contribution >= 4 is 11.8 Å². The van der Waals surface area contributed by atoms with E-state index in [-0.39, 0.29) is 11.9 Å². The number of ether oxygens (including phenoxy) is 1. The Morgan fingerprint density at radius 3 is 2.78 bits per heavy atom. The van der Waals surface area contributed by atoms with Gasteiger partial charge in [0.1, 0.15) is 0 Å². The van der Waals surface area contributed by atoms with Gasteiger partial charge in [-0.25, -0.2) is 4.39 Å². The molecule has 18 heavy (non-hydrogen) atoms. The van der Waals surface area contributed by atoms with Gasteiger partial charge in [-0.3, -0.25) is 0 Å². The van der Waals surface area contributed by atoms with Crippen LogP contribution in [0.5, 0.6) is 5.75 Å². The highest BCUT2D eigenvalue weighted by molar-refractivity contribution is 7.98. The SMILES string of the molecule is CCCNC(CCSC)c1ccc(OC)c(F)c1. The van der Waals surface area contributed by atoms with Crippen LogP contribution in [0.25, 0.3) is 0 Å². The molecule has 0 bridgehead atoms. The third-order valence-electron chi connectivity index (χ3n) is 2.83. The van der Waals surface area contributed by atoms with Crippen LogP contribution in [0.3, 0.4) is 0 Å². The second kappa shape index (κ2) is 8.38. The molecular weight excluding hydrogens is 249 g/mol. The Bertz CT molecular complexity index is 352. The maximum absolute atomic E-state index is 13.7. The average molecular weight is 271 g/mol. The summed E-state index contributed by atoms with van der Waals surface area (Å²) in [5.41, 5.74) is 0.996. The van der Waals surface area contributed by atoms with Crippen LogP contribution in [0.15, 0.2) is 18.2 Å². The highest BCUT2D eigenvalue weighted by atomic mass is 32.2. The van der Waals surface area contributed by atoms with Gasteiger partial charge in [0.25, 0.3) is 0 Å². The zero-order valence-corrected chi connectivity index (χ0v) is 12.1. The van der Waals surface area contributed by atoms with Crippen LogP contribution in [0, 0.1) is 5.82 Å². The number of halogens is 1. The third-order valence-corrected chi connectivity index (χ3v) is 3.47. The van der Waals surface area contributed by atoms with Crippen molar-refractivity contribution in [3.05, 3.63) is 29.6 Å². The Hall–Kier alpha value is -0.740. The molecule has 0 fully saturated rings. The normalized spacial score (nSPS) is 12.4. The second-order valence-corrected chi connectivity index (χ2v) is 5.17. The van der Waals surface area contributed by atoms with E-state index in [0.717, 1.165) is 30.7 Å². The number of hydrogen-bond acceptors (Lipinski definition) is 3. The van der Waals surface area contributed by atoms with Gasteiger partial charge in [0, 0.05) is 6.04 Å². The van der Waals surface area contributed by atoms with E-state index in [4.69, 9.17) is 4.74 Å². The Morgan fingerprint density at radius 1 is 1.44 bits per heavy atom. The van der Waals surface area contributed by atoms with Gasteiger partial charge in [0.15, 0.2) is 11.6 Å². The number of benzene rings is 1. The molecule has 0 aromatic heterocycles. The summed E-state index contributed by atoms with van der Waals surface area (Å²) in [7, 11) is 1.48. The Labute approximate surface area is 113 Å². The zero-order valence-electron chi connectivity index (χ0n) is 11.3. The lowest BCUT2D eigenvalue weighted by molar-refractivity contribution is 0.385. The van der Waals surface area contributed by atoms with Crippen molar-refractivity contribution in [3.8, 4) is 5.75 Å². The van der Waals surface area contributed by atoms with E-state index in [1.165, 1.54) is 7.11 Å². The number of methoxy groups -OCH3 is 1. The van der Waals surface area contributed by atoms with E-state index in [0.29, 0.717) is 5.75 Å². The summed E-state index contributed by atoms with van der Waals surface area (Å²) < 4.78 is 18.6. The molecular formula is C14H22FNOS. The molecule has 0 saturated carbocycles. The van der Waals surface area contributed by atoms with E-state index >= 15 is 0 Å². The minimum Gasteiger partial charge on any atom is -0.494 e. The van der Waals surface area contributed by atoms with E-state index in [9.17, 15) is 4.39 Å². The van der Waals surface area contributed by atoms with Crippen molar-refractivity contribution < 1.29 is 9.13 Å². The van der Waals surface area contributed by atoms with E-state index < -0.39 is 0 Å². The Balaban J connectivity index is 2.79. The monoisotopic (exact) mass is 271 g/mol. The summed E-state index contributed by atoms with van der Waals surface area (Å²) in [5, 5.41) is 3.46. The maximum atomic E-state index is 13.7. The van der Waals surface area contributed by atoms with Crippen LogP contribution in [-0.2, 0) is 0 Å². The predicted octanol–water partition coefficient (Wildman–Crippen LogP) is 3.63. The minimum absolute atomic E-state index is 0.220. The first kappa shape index (κ1) is 15.3. The fourth-order valence-electron chi connectivity index (χ4n) is 1.84. The topological polar surface area (TPSA) is 21.3 Å². The summed E-state index contributed by atoms with van der Waals surface area (Å²) in [6.07, 6.45) is 4.17. The molecule has 2 nitrogen and oxygen atoms in total. The van der Waals surface area contributed by atoms with Gasteiger partial charge in [-0.2, -0.15) is 11.8 Å². The Morgan fingerprint density at radius 2 is 2.22 bits per heavy atom. The number of thioether (sulfide) groups is 1. The summed E-state index contributed by atoms with van der Waals surface area (Å²) in [6, 6.07) is 5.43. The van der Waals surface area contributed by atoms with Gasteiger partial charge in [0.2, 0.25) is 0 Å². The summed E-state index contributed by atoms with van der Waals surface area (Å²) in [4.78, 5) is 0. The standard InChI is InChI=1S/C14H22FNOS/c1-4-8-16-13(7-9-18-3)11-5-6-14(17-2)12(15)10-11/h5-6,10,13,16H,4,7-9H2,1-3H3. The van der Waals surface area contributed by atoms with Crippen molar-refractivity contribution in [3.63, 3.8) is 0 Å². The second-order valence-electron chi connectivity index (χ2n) is 4.18. The summed E-state index contributed by atoms with van der Waals surface area (Å²) in [6.45, 7) is 3.08. The maximum Gasteiger partial charge on any atom is 0.165 e. The van der Waals surface area contributed by atoms with Crippen LogP contribution in [0.4, 0.5) is 4.39 Å². The van der Waals surface area contributed by atoms with Crippen molar-refractivity contribution in [2.75, 3.05) is 25.7 Å². The molecule has 102 valence electrons. The molecule has 1 rings (SSSR count). The van der Waals surface area contributed by atoms with Crippen molar-refractivity contribution in [2.24, 2.45) is 0 Å². The fourth-order valence-corrected chi connectivity index (χ4v) is 2.31. The van der Waals surface area contributed by atoms with Gasteiger partial charge in [-0.05, 0) is 49.1 Å². The van der Waals surface area contributed by atoms with Crippen molar-refractivity contribution in [1.82, 2.24) is 5.32 Å². The van der Waals surface area contributed by atoms with Crippen molar-refractivity contribution in [2.45, 2.75) is 25.8 Å². The highest BCUT2D eigenvalue weighted by Crippen LogP contribution is 2.24.